The Kier molecular flexibility index (Phi) is 4.78. The third kappa shape index (κ3) is 4.17. The van der Waals surface area contributed by atoms with E-state index in [1.807, 2.05) is 43.3 Å². The molecule has 0 radical (unpaired) electrons. The van der Waals surface area contributed by atoms with E-state index in [2.05, 4.69) is 15.5 Å². The number of nitrogens with zero attached hydrogens (tertiary/aromatic N) is 2. The summed E-state index contributed by atoms with van der Waals surface area (Å²) < 4.78 is 0. The molecule has 1 amide bonds. The number of nitrogens with one attached hydrogen (secondary N) is 1. The predicted octanol–water partition coefficient (Wildman–Crippen LogP) is 2.82. The van der Waals surface area contributed by atoms with E-state index in [0.717, 1.165) is 11.3 Å². The molecule has 2 aromatic rings. The summed E-state index contributed by atoms with van der Waals surface area (Å²) in [6.45, 7) is 1.84. The van der Waals surface area contributed by atoms with Gasteiger partial charge in [0.2, 0.25) is 0 Å². The first kappa shape index (κ1) is 13.7. The average Bonchev–Trinajstić information content (AvgIpc) is 2.48. The first-order valence-electron chi connectivity index (χ1n) is 6.23. The summed E-state index contributed by atoms with van der Waals surface area (Å²) >= 11 is 0. The van der Waals surface area contributed by atoms with Crippen molar-refractivity contribution in [1.29, 1.82) is 0 Å². The molecule has 0 saturated heterocycles. The standard InChI is InChI=1S/C16H15N3O/c1-13-12-15(9-11-17-13)16(20)19-18-10-5-8-14-6-3-2-4-7-14/h2-12H,1H3,(H,19,20)/b8-5-,18-10+. The maximum Gasteiger partial charge on any atom is 0.271 e. The topological polar surface area (TPSA) is 54.4 Å². The Morgan fingerprint density at radius 3 is 2.80 bits per heavy atom. The largest absolute Gasteiger partial charge is 0.271 e. The first-order chi connectivity index (χ1) is 9.75. The van der Waals surface area contributed by atoms with Crippen molar-refractivity contribution in [2.45, 2.75) is 6.92 Å². The van der Waals surface area contributed by atoms with Gasteiger partial charge in [0.1, 0.15) is 0 Å². The number of hydrogen-bond donors (Lipinski definition) is 1. The van der Waals surface area contributed by atoms with Crippen molar-refractivity contribution in [3.63, 3.8) is 0 Å². The highest BCUT2D eigenvalue weighted by molar-refractivity contribution is 5.94. The van der Waals surface area contributed by atoms with E-state index < -0.39 is 0 Å². The van der Waals surface area contributed by atoms with Gasteiger partial charge in [0.05, 0.1) is 0 Å². The van der Waals surface area contributed by atoms with Crippen LogP contribution in [0.25, 0.3) is 6.08 Å². The molecule has 20 heavy (non-hydrogen) atoms. The molecular weight excluding hydrogens is 250 g/mol. The van der Waals surface area contributed by atoms with Crippen LogP contribution in [0.5, 0.6) is 0 Å². The van der Waals surface area contributed by atoms with Gasteiger partial charge in [-0.05, 0) is 30.7 Å². The predicted molar refractivity (Wildman–Crippen MR) is 80.4 cm³/mol. The number of carbonyl (C=O) groups is 1. The summed E-state index contributed by atoms with van der Waals surface area (Å²) in [6, 6.07) is 13.2. The first-order valence-corrected chi connectivity index (χ1v) is 6.23. The van der Waals surface area contributed by atoms with Gasteiger partial charge >= 0.3 is 0 Å². The molecule has 4 nitrogen and oxygen atoms in total. The normalized spacial score (nSPS) is 11.1. The number of allylic oxidation sites excluding steroid dienone is 1. The molecule has 0 fully saturated rings. The van der Waals surface area contributed by atoms with E-state index >= 15 is 0 Å². The van der Waals surface area contributed by atoms with E-state index in [0.29, 0.717) is 5.56 Å². The van der Waals surface area contributed by atoms with Crippen LogP contribution in [0.1, 0.15) is 21.6 Å². The molecular formula is C16H15N3O. The third-order valence-electron chi connectivity index (χ3n) is 2.57. The number of aromatic nitrogens is 1. The average molecular weight is 265 g/mol. The van der Waals surface area contributed by atoms with Crippen LogP contribution in [0, 0.1) is 6.92 Å². The highest BCUT2D eigenvalue weighted by atomic mass is 16.2. The van der Waals surface area contributed by atoms with Crippen molar-refractivity contribution in [2.24, 2.45) is 5.10 Å². The van der Waals surface area contributed by atoms with Crippen LogP contribution in [0.4, 0.5) is 0 Å². The van der Waals surface area contributed by atoms with Gasteiger partial charge in [-0.1, -0.05) is 36.4 Å². The Labute approximate surface area is 117 Å². The summed E-state index contributed by atoms with van der Waals surface area (Å²) in [7, 11) is 0. The monoisotopic (exact) mass is 265 g/mol. The van der Waals surface area contributed by atoms with Crippen molar-refractivity contribution >= 4 is 18.2 Å². The number of aryl methyl sites for hydroxylation is 1. The van der Waals surface area contributed by atoms with Gasteiger partial charge in [-0.3, -0.25) is 9.78 Å². The summed E-state index contributed by atoms with van der Waals surface area (Å²) in [4.78, 5) is 15.8. The molecule has 100 valence electrons. The molecule has 1 heterocycles. The molecule has 0 unspecified atom stereocenters. The highest BCUT2D eigenvalue weighted by Crippen LogP contribution is 2.01. The maximum atomic E-state index is 11.8. The minimum Gasteiger partial charge on any atom is -0.267 e. The lowest BCUT2D eigenvalue weighted by Gasteiger charge is -1.99. The fourth-order valence-corrected chi connectivity index (χ4v) is 1.61. The molecule has 0 aliphatic heterocycles. The molecule has 0 spiro atoms. The molecule has 1 N–H and O–H groups in total. The minimum absolute atomic E-state index is 0.250. The van der Waals surface area contributed by atoms with Crippen LogP contribution in [-0.2, 0) is 0 Å². The molecule has 1 aromatic carbocycles. The number of carbonyl (C=O) groups excluding carboxylic acids is 1. The van der Waals surface area contributed by atoms with Gasteiger partial charge in [-0.15, -0.1) is 0 Å². The van der Waals surface area contributed by atoms with Crippen LogP contribution >= 0.6 is 0 Å². The number of hydrogen-bond acceptors (Lipinski definition) is 3. The lowest BCUT2D eigenvalue weighted by atomic mass is 10.2. The van der Waals surface area contributed by atoms with Gasteiger partial charge in [0, 0.05) is 23.7 Å². The molecule has 0 atom stereocenters. The van der Waals surface area contributed by atoms with E-state index in [1.165, 1.54) is 0 Å². The second-order valence-electron chi connectivity index (χ2n) is 4.17. The van der Waals surface area contributed by atoms with Crippen molar-refractivity contribution in [3.8, 4) is 0 Å². The van der Waals surface area contributed by atoms with Gasteiger partial charge in [-0.2, -0.15) is 5.10 Å². The van der Waals surface area contributed by atoms with Crippen LogP contribution in [0.15, 0.2) is 59.8 Å². The quantitative estimate of drug-likeness (QED) is 0.682. The second-order valence-corrected chi connectivity index (χ2v) is 4.17. The molecule has 0 aliphatic rings. The van der Waals surface area contributed by atoms with Gasteiger partial charge in [0.15, 0.2) is 0 Å². The van der Waals surface area contributed by atoms with Crippen LogP contribution in [0.3, 0.4) is 0 Å². The molecule has 0 bridgehead atoms. The lowest BCUT2D eigenvalue weighted by Crippen LogP contribution is -2.17. The van der Waals surface area contributed by atoms with Gasteiger partial charge < -0.3 is 0 Å². The second kappa shape index (κ2) is 6.99. The Hall–Kier alpha value is -2.75. The molecule has 0 saturated carbocycles. The maximum absolute atomic E-state index is 11.8. The minimum atomic E-state index is -0.250. The molecule has 0 aliphatic carbocycles. The molecule has 1 aromatic heterocycles. The SMILES string of the molecule is Cc1cc(C(=O)N/N=C/C=C\c2ccccc2)ccn1. The number of hydrazone groups is 1. The highest BCUT2D eigenvalue weighted by Gasteiger charge is 2.03. The van der Waals surface area contributed by atoms with Crippen LogP contribution < -0.4 is 5.43 Å². The molecule has 2 rings (SSSR count). The zero-order valence-corrected chi connectivity index (χ0v) is 11.2. The van der Waals surface area contributed by atoms with Gasteiger partial charge in [0.25, 0.3) is 5.91 Å². The molecule has 4 heteroatoms. The Morgan fingerprint density at radius 2 is 2.05 bits per heavy atom. The number of rotatable bonds is 4. The third-order valence-corrected chi connectivity index (χ3v) is 2.57. The Bertz CT molecular complexity index is 633. The lowest BCUT2D eigenvalue weighted by molar-refractivity contribution is 0.0955. The number of benzene rings is 1. The summed E-state index contributed by atoms with van der Waals surface area (Å²) in [5, 5.41) is 3.86. The van der Waals surface area contributed by atoms with E-state index in [-0.39, 0.29) is 5.91 Å². The summed E-state index contributed by atoms with van der Waals surface area (Å²) in [6.07, 6.45) is 6.82. The fraction of sp³-hybridized carbons (Fsp3) is 0.0625. The Balaban J connectivity index is 1.87. The zero-order chi connectivity index (χ0) is 14.2. The van der Waals surface area contributed by atoms with Crippen molar-refractivity contribution < 1.29 is 4.79 Å². The number of amides is 1. The van der Waals surface area contributed by atoms with Crippen molar-refractivity contribution in [2.75, 3.05) is 0 Å². The van der Waals surface area contributed by atoms with Crippen LogP contribution in [0.2, 0.25) is 0 Å². The fourth-order valence-electron chi connectivity index (χ4n) is 1.61. The van der Waals surface area contributed by atoms with Gasteiger partial charge in [-0.25, -0.2) is 5.43 Å². The van der Waals surface area contributed by atoms with E-state index in [9.17, 15) is 4.79 Å². The summed E-state index contributed by atoms with van der Waals surface area (Å²) in [5.74, 6) is -0.250. The zero-order valence-electron chi connectivity index (χ0n) is 11.2. The number of pyridine rings is 1. The van der Waals surface area contributed by atoms with Crippen molar-refractivity contribution in [1.82, 2.24) is 10.4 Å². The summed E-state index contributed by atoms with van der Waals surface area (Å²) in [5.41, 5.74) is 4.88. The van der Waals surface area contributed by atoms with E-state index in [1.54, 1.807) is 30.6 Å². The van der Waals surface area contributed by atoms with Crippen molar-refractivity contribution in [3.05, 3.63) is 71.6 Å². The smallest absolute Gasteiger partial charge is 0.267 e. The van der Waals surface area contributed by atoms with Crippen LogP contribution in [-0.4, -0.2) is 17.1 Å². The van der Waals surface area contributed by atoms with E-state index in [4.69, 9.17) is 0 Å². The Morgan fingerprint density at radius 1 is 1.25 bits per heavy atom.